The summed E-state index contributed by atoms with van der Waals surface area (Å²) in [6.45, 7) is 10.9. The van der Waals surface area contributed by atoms with Crippen LogP contribution in [0.5, 0.6) is 0 Å². The van der Waals surface area contributed by atoms with Crippen LogP contribution in [0.4, 0.5) is 0 Å². The first-order chi connectivity index (χ1) is 16.2. The fraction of sp³-hybridized carbons (Fsp3) is 0.900. The maximum Gasteiger partial charge on any atom is 0.302 e. The standard InChI is InChI=1S/C30H48O4/c1-19(17-31)9-10-22(18-32)20(2)28-27(34-21(3)33)16-26-24-12-11-23-8-6-7-14-29(23,4)25(24)13-15-30(26,28)5/h19-20,23-28,31H,6-17H2,1-5H3/t19?,20-,23?,24-,25+,26+,27?,28+,29+,30+/m1/s1. The van der Waals surface area contributed by atoms with E-state index in [4.69, 9.17) is 4.74 Å². The Balaban J connectivity index is 1.62. The number of ether oxygens (including phenoxy) is 1. The van der Waals surface area contributed by atoms with Gasteiger partial charge in [0.2, 0.25) is 0 Å². The van der Waals surface area contributed by atoms with E-state index in [2.05, 4.69) is 26.7 Å². The molecular formula is C30H48O4. The van der Waals surface area contributed by atoms with Gasteiger partial charge in [-0.1, -0.05) is 40.5 Å². The first kappa shape index (κ1) is 26.0. The quantitative estimate of drug-likeness (QED) is 0.345. The Morgan fingerprint density at radius 1 is 1.06 bits per heavy atom. The summed E-state index contributed by atoms with van der Waals surface area (Å²) >= 11 is 0. The highest BCUT2D eigenvalue weighted by Crippen LogP contribution is 2.68. The molecule has 4 saturated carbocycles. The molecule has 4 nitrogen and oxygen atoms in total. The van der Waals surface area contributed by atoms with Gasteiger partial charge in [-0.3, -0.25) is 4.79 Å². The van der Waals surface area contributed by atoms with Gasteiger partial charge in [0.15, 0.2) is 0 Å². The molecule has 0 aromatic carbocycles. The third-order valence-corrected chi connectivity index (χ3v) is 11.4. The normalized spacial score (nSPS) is 43.0. The number of aliphatic hydroxyl groups is 1. The number of hydrogen-bond acceptors (Lipinski definition) is 4. The van der Waals surface area contributed by atoms with Gasteiger partial charge in [0.25, 0.3) is 0 Å². The lowest BCUT2D eigenvalue weighted by Gasteiger charge is -2.60. The highest BCUT2D eigenvalue weighted by atomic mass is 16.5. The number of rotatable bonds is 7. The minimum atomic E-state index is -0.200. The van der Waals surface area contributed by atoms with Crippen molar-refractivity contribution in [3.8, 4) is 0 Å². The van der Waals surface area contributed by atoms with Gasteiger partial charge >= 0.3 is 5.97 Å². The first-order valence-electron chi connectivity index (χ1n) is 14.2. The maximum atomic E-state index is 12.2. The summed E-state index contributed by atoms with van der Waals surface area (Å²) in [5, 5.41) is 9.46. The molecule has 10 atom stereocenters. The molecule has 4 aliphatic carbocycles. The van der Waals surface area contributed by atoms with Crippen LogP contribution >= 0.6 is 0 Å². The summed E-state index contributed by atoms with van der Waals surface area (Å²) in [5.41, 5.74) is 1.38. The predicted octanol–water partition coefficient (Wildman–Crippen LogP) is 6.38. The number of carbonyl (C=O) groups is 1. The van der Waals surface area contributed by atoms with Crippen LogP contribution in [-0.2, 0) is 14.3 Å². The molecule has 0 bridgehead atoms. The average molecular weight is 473 g/mol. The molecule has 1 N–H and O–H groups in total. The van der Waals surface area contributed by atoms with Gasteiger partial charge in [-0.2, -0.15) is 0 Å². The van der Waals surface area contributed by atoms with Gasteiger partial charge in [0, 0.05) is 25.0 Å². The molecule has 0 saturated heterocycles. The third-order valence-electron chi connectivity index (χ3n) is 11.4. The van der Waals surface area contributed by atoms with Gasteiger partial charge in [-0.05, 0) is 104 Å². The molecule has 34 heavy (non-hydrogen) atoms. The van der Waals surface area contributed by atoms with Crippen LogP contribution in [0.25, 0.3) is 0 Å². The molecule has 0 aromatic rings. The summed E-state index contributed by atoms with van der Waals surface area (Å²) in [4.78, 5) is 24.3. The number of hydrogen-bond donors (Lipinski definition) is 1. The molecule has 0 heterocycles. The Bertz CT molecular complexity index is 800. The smallest absolute Gasteiger partial charge is 0.302 e. The largest absolute Gasteiger partial charge is 0.462 e. The highest BCUT2D eigenvalue weighted by Gasteiger charge is 2.63. The summed E-state index contributed by atoms with van der Waals surface area (Å²) < 4.78 is 6.03. The molecule has 4 aliphatic rings. The van der Waals surface area contributed by atoms with Gasteiger partial charge in [-0.25, -0.2) is 4.79 Å². The molecule has 0 aliphatic heterocycles. The molecule has 192 valence electrons. The molecule has 4 heteroatoms. The van der Waals surface area contributed by atoms with Crippen molar-refractivity contribution in [3.05, 3.63) is 5.57 Å². The van der Waals surface area contributed by atoms with E-state index in [0.717, 1.165) is 30.3 Å². The Morgan fingerprint density at radius 3 is 2.50 bits per heavy atom. The van der Waals surface area contributed by atoms with E-state index in [0.29, 0.717) is 23.7 Å². The van der Waals surface area contributed by atoms with Crippen molar-refractivity contribution < 1.29 is 19.4 Å². The van der Waals surface area contributed by atoms with Crippen LogP contribution < -0.4 is 0 Å². The molecule has 0 radical (unpaired) electrons. The lowest BCUT2D eigenvalue weighted by atomic mass is 9.44. The van der Waals surface area contributed by atoms with E-state index in [-0.39, 0.29) is 41.8 Å². The van der Waals surface area contributed by atoms with E-state index < -0.39 is 0 Å². The average Bonchev–Trinajstić information content (AvgIpc) is 3.09. The first-order valence-corrected chi connectivity index (χ1v) is 14.2. The fourth-order valence-electron chi connectivity index (χ4n) is 9.63. The van der Waals surface area contributed by atoms with Crippen LogP contribution in [0, 0.1) is 52.3 Å². The van der Waals surface area contributed by atoms with Gasteiger partial charge in [0.1, 0.15) is 12.0 Å². The molecule has 3 unspecified atom stereocenters. The highest BCUT2D eigenvalue weighted by molar-refractivity contribution is 5.66. The molecule has 4 rings (SSSR count). The maximum absolute atomic E-state index is 12.2. The second-order valence-corrected chi connectivity index (χ2v) is 13.1. The SMILES string of the molecule is CC(=O)OC1C[C@H]2[C@@H]3CCC4CCCC[C@]4(C)[C@H]3CC[C@]2(C)[C@H]1[C@H](C)C(=C=O)CCC(C)CO. The molecule has 0 aromatic heterocycles. The summed E-state index contributed by atoms with van der Waals surface area (Å²) in [6.07, 6.45) is 13.0. The molecule has 0 spiro atoms. The number of carbonyl (C=O) groups excluding carboxylic acids is 2. The van der Waals surface area contributed by atoms with E-state index in [1.54, 1.807) is 0 Å². The van der Waals surface area contributed by atoms with Crippen molar-refractivity contribution in [3.63, 3.8) is 0 Å². The monoisotopic (exact) mass is 472 g/mol. The van der Waals surface area contributed by atoms with Gasteiger partial charge in [-0.15, -0.1) is 0 Å². The summed E-state index contributed by atoms with van der Waals surface area (Å²) in [7, 11) is 0. The van der Waals surface area contributed by atoms with Crippen LogP contribution in [0.1, 0.15) is 105 Å². The second-order valence-electron chi connectivity index (χ2n) is 13.1. The lowest BCUT2D eigenvalue weighted by molar-refractivity contribution is -0.150. The van der Waals surface area contributed by atoms with Crippen LogP contribution in [0.2, 0.25) is 0 Å². The van der Waals surface area contributed by atoms with Crippen LogP contribution in [0.3, 0.4) is 0 Å². The number of esters is 1. The third kappa shape index (κ3) is 4.43. The van der Waals surface area contributed by atoms with Crippen molar-refractivity contribution in [2.24, 2.45) is 52.3 Å². The number of allylic oxidation sites excluding steroid dienone is 1. The Hall–Kier alpha value is -1.12. The molecule has 4 fully saturated rings. The molecule has 0 amide bonds. The zero-order valence-electron chi connectivity index (χ0n) is 22.3. The van der Waals surface area contributed by atoms with Gasteiger partial charge < -0.3 is 9.84 Å². The molecular weight excluding hydrogens is 424 g/mol. The van der Waals surface area contributed by atoms with E-state index in [1.165, 1.54) is 58.3 Å². The zero-order chi connectivity index (χ0) is 24.7. The van der Waals surface area contributed by atoms with Crippen LogP contribution in [0.15, 0.2) is 5.57 Å². The Kier molecular flexibility index (Phi) is 7.71. The van der Waals surface area contributed by atoms with E-state index in [1.807, 2.05) is 6.92 Å². The summed E-state index contributed by atoms with van der Waals surface area (Å²) in [6, 6.07) is 0. The van der Waals surface area contributed by atoms with Crippen molar-refractivity contribution in [2.45, 2.75) is 111 Å². The van der Waals surface area contributed by atoms with Crippen molar-refractivity contribution in [1.29, 1.82) is 0 Å². The Labute approximate surface area is 207 Å². The van der Waals surface area contributed by atoms with E-state index >= 15 is 0 Å². The number of aliphatic hydroxyl groups excluding tert-OH is 1. The topological polar surface area (TPSA) is 63.6 Å². The van der Waals surface area contributed by atoms with E-state index in [9.17, 15) is 14.7 Å². The minimum absolute atomic E-state index is 0.0425. The minimum Gasteiger partial charge on any atom is -0.462 e. The predicted molar refractivity (Wildman–Crippen MR) is 135 cm³/mol. The number of fused-ring (bicyclic) bond motifs is 5. The Morgan fingerprint density at radius 2 is 1.82 bits per heavy atom. The second kappa shape index (κ2) is 10.1. The van der Waals surface area contributed by atoms with Crippen LogP contribution in [-0.4, -0.2) is 29.7 Å². The van der Waals surface area contributed by atoms with Crippen molar-refractivity contribution in [1.82, 2.24) is 0 Å². The van der Waals surface area contributed by atoms with Gasteiger partial charge in [0.05, 0.1) is 0 Å². The lowest BCUT2D eigenvalue weighted by Crippen LogP contribution is -2.53. The fourth-order valence-corrected chi connectivity index (χ4v) is 9.63. The zero-order valence-corrected chi connectivity index (χ0v) is 22.3. The summed E-state index contributed by atoms with van der Waals surface area (Å²) in [5.74, 6) is 5.44. The van der Waals surface area contributed by atoms with Crippen molar-refractivity contribution >= 4 is 11.9 Å². The van der Waals surface area contributed by atoms with Crippen molar-refractivity contribution in [2.75, 3.05) is 6.61 Å².